The van der Waals surface area contributed by atoms with Crippen LogP contribution in [0.2, 0.25) is 0 Å². The number of methoxy groups -OCH3 is 2. The van der Waals surface area contributed by atoms with Crippen molar-refractivity contribution >= 4 is 11.3 Å². The van der Waals surface area contributed by atoms with Crippen LogP contribution in [0.25, 0.3) is 17.1 Å². The van der Waals surface area contributed by atoms with E-state index in [-0.39, 0.29) is 17.3 Å². The molecule has 3 heterocycles. The highest BCUT2D eigenvalue weighted by molar-refractivity contribution is 7.09. The Morgan fingerprint density at radius 1 is 1.17 bits per heavy atom. The normalized spacial score (nSPS) is 13.2. The standard InChI is InChI=1S/C24H25N5O5S/c1-13-25-15(12-35-13)11-19-27-28-23(34-19)20-22(30)26-18(10-9-14-7-8-14)29(24(20)31)21-16(32-2)5-4-6-17(21)33-3/h4-6,12,14,30H,7-11H2,1-3H3. The molecule has 10 nitrogen and oxygen atoms in total. The van der Waals surface area contributed by atoms with Crippen LogP contribution in [0.15, 0.2) is 32.8 Å². The summed E-state index contributed by atoms with van der Waals surface area (Å²) >= 11 is 1.52. The van der Waals surface area contributed by atoms with Crippen molar-refractivity contribution in [2.24, 2.45) is 5.92 Å². The highest BCUT2D eigenvalue weighted by atomic mass is 32.1. The summed E-state index contributed by atoms with van der Waals surface area (Å²) in [5.41, 5.74) is 0.462. The van der Waals surface area contributed by atoms with Gasteiger partial charge < -0.3 is 19.0 Å². The van der Waals surface area contributed by atoms with Crippen molar-refractivity contribution in [2.45, 2.75) is 39.0 Å². The fraction of sp³-hybridized carbons (Fsp3) is 0.375. The molecule has 1 fully saturated rings. The Hall–Kier alpha value is -3.73. The van der Waals surface area contributed by atoms with E-state index in [9.17, 15) is 9.90 Å². The van der Waals surface area contributed by atoms with Crippen LogP contribution in [0.3, 0.4) is 0 Å². The molecule has 0 radical (unpaired) electrons. The van der Waals surface area contributed by atoms with Gasteiger partial charge in [-0.2, -0.15) is 4.98 Å². The zero-order valence-electron chi connectivity index (χ0n) is 19.6. The van der Waals surface area contributed by atoms with Gasteiger partial charge >= 0.3 is 0 Å². The van der Waals surface area contributed by atoms with Crippen molar-refractivity contribution in [2.75, 3.05) is 14.2 Å². The van der Waals surface area contributed by atoms with E-state index in [1.807, 2.05) is 12.3 Å². The number of para-hydroxylation sites is 1. The van der Waals surface area contributed by atoms with Gasteiger partial charge in [0.25, 0.3) is 11.4 Å². The second-order valence-corrected chi connectivity index (χ2v) is 9.46. The van der Waals surface area contributed by atoms with Crippen LogP contribution < -0.4 is 15.0 Å². The molecule has 1 aromatic carbocycles. The van der Waals surface area contributed by atoms with E-state index in [1.54, 1.807) is 18.2 Å². The molecule has 0 amide bonds. The van der Waals surface area contributed by atoms with Gasteiger partial charge in [0.15, 0.2) is 5.56 Å². The maximum absolute atomic E-state index is 13.9. The number of aryl methyl sites for hydroxylation is 2. The molecule has 0 aliphatic heterocycles. The molecule has 0 spiro atoms. The Morgan fingerprint density at radius 3 is 2.54 bits per heavy atom. The first kappa shape index (κ1) is 23.0. The predicted molar refractivity (Wildman–Crippen MR) is 129 cm³/mol. The first-order valence-corrected chi connectivity index (χ1v) is 12.2. The molecule has 1 N–H and O–H groups in total. The molecule has 0 bridgehead atoms. The fourth-order valence-corrected chi connectivity index (χ4v) is 4.61. The second kappa shape index (κ2) is 9.49. The number of aromatic nitrogens is 5. The van der Waals surface area contributed by atoms with E-state index in [2.05, 4.69) is 20.2 Å². The van der Waals surface area contributed by atoms with Crippen LogP contribution in [0.5, 0.6) is 17.4 Å². The lowest BCUT2D eigenvalue weighted by molar-refractivity contribution is 0.388. The largest absolute Gasteiger partial charge is 0.494 e. The van der Waals surface area contributed by atoms with Crippen LogP contribution in [0.4, 0.5) is 0 Å². The third-order valence-electron chi connectivity index (χ3n) is 5.91. The van der Waals surface area contributed by atoms with Crippen molar-refractivity contribution < 1.29 is 19.0 Å². The average Bonchev–Trinajstić information content (AvgIpc) is 3.43. The Bertz CT molecular complexity index is 1400. The van der Waals surface area contributed by atoms with E-state index < -0.39 is 11.4 Å². The second-order valence-electron chi connectivity index (χ2n) is 8.40. The maximum atomic E-state index is 13.9. The van der Waals surface area contributed by atoms with E-state index in [0.717, 1.165) is 30.0 Å². The van der Waals surface area contributed by atoms with Gasteiger partial charge in [-0.25, -0.2) is 4.98 Å². The molecule has 1 aliphatic rings. The van der Waals surface area contributed by atoms with Crippen molar-refractivity contribution in [3.05, 3.63) is 56.3 Å². The van der Waals surface area contributed by atoms with Crippen LogP contribution in [-0.4, -0.2) is 44.1 Å². The zero-order valence-corrected chi connectivity index (χ0v) is 20.5. The molecule has 11 heteroatoms. The fourth-order valence-electron chi connectivity index (χ4n) is 4.00. The summed E-state index contributed by atoms with van der Waals surface area (Å²) < 4.78 is 18.3. The van der Waals surface area contributed by atoms with Gasteiger partial charge in [-0.1, -0.05) is 18.9 Å². The molecule has 0 unspecified atom stereocenters. The van der Waals surface area contributed by atoms with Gasteiger partial charge in [0, 0.05) is 11.8 Å². The summed E-state index contributed by atoms with van der Waals surface area (Å²) in [4.78, 5) is 22.7. The SMILES string of the molecule is COc1cccc(OC)c1-n1c(CCC2CC2)nc(O)c(-c2nnc(Cc3csc(C)n3)o2)c1=O. The van der Waals surface area contributed by atoms with E-state index in [4.69, 9.17) is 13.9 Å². The third-order valence-corrected chi connectivity index (χ3v) is 6.73. The maximum Gasteiger partial charge on any atom is 0.275 e. The minimum atomic E-state index is -0.550. The minimum absolute atomic E-state index is 0.113. The number of ether oxygens (including phenoxy) is 2. The van der Waals surface area contributed by atoms with Gasteiger partial charge in [0.1, 0.15) is 23.0 Å². The van der Waals surface area contributed by atoms with Gasteiger partial charge in [-0.3, -0.25) is 9.36 Å². The van der Waals surface area contributed by atoms with E-state index in [0.29, 0.717) is 41.8 Å². The molecular weight excluding hydrogens is 470 g/mol. The lowest BCUT2D eigenvalue weighted by atomic mass is 10.1. The van der Waals surface area contributed by atoms with Crippen LogP contribution in [0.1, 0.15) is 41.7 Å². The van der Waals surface area contributed by atoms with Crippen molar-refractivity contribution in [1.82, 2.24) is 24.7 Å². The number of hydrogen-bond acceptors (Lipinski definition) is 10. The summed E-state index contributed by atoms with van der Waals surface area (Å²) in [6.45, 7) is 1.91. The van der Waals surface area contributed by atoms with Gasteiger partial charge in [-0.05, 0) is 31.4 Å². The monoisotopic (exact) mass is 495 g/mol. The smallest absolute Gasteiger partial charge is 0.275 e. The molecule has 182 valence electrons. The number of benzene rings is 1. The molecule has 35 heavy (non-hydrogen) atoms. The molecule has 5 rings (SSSR count). The molecule has 1 aliphatic carbocycles. The van der Waals surface area contributed by atoms with Gasteiger partial charge in [-0.15, -0.1) is 21.5 Å². The number of aromatic hydroxyl groups is 1. The lowest BCUT2D eigenvalue weighted by Gasteiger charge is -2.18. The Kier molecular flexibility index (Phi) is 6.25. The Morgan fingerprint density at radius 2 is 1.91 bits per heavy atom. The molecule has 1 saturated carbocycles. The molecule has 3 aromatic heterocycles. The quantitative estimate of drug-likeness (QED) is 0.370. The van der Waals surface area contributed by atoms with Crippen LogP contribution >= 0.6 is 11.3 Å². The molecular formula is C24H25N5O5S. The van der Waals surface area contributed by atoms with Crippen LogP contribution in [0, 0.1) is 12.8 Å². The van der Waals surface area contributed by atoms with Crippen molar-refractivity contribution in [1.29, 1.82) is 0 Å². The summed E-state index contributed by atoms with van der Waals surface area (Å²) in [7, 11) is 3.04. The number of rotatable bonds is 9. The minimum Gasteiger partial charge on any atom is -0.494 e. The van der Waals surface area contributed by atoms with Crippen LogP contribution in [-0.2, 0) is 12.8 Å². The van der Waals surface area contributed by atoms with Gasteiger partial charge in [0.05, 0.1) is 31.3 Å². The highest BCUT2D eigenvalue weighted by Gasteiger charge is 2.28. The topological polar surface area (TPSA) is 125 Å². The average molecular weight is 496 g/mol. The first-order chi connectivity index (χ1) is 17.0. The summed E-state index contributed by atoms with van der Waals surface area (Å²) in [5, 5.41) is 21.7. The molecule has 4 aromatic rings. The third kappa shape index (κ3) is 4.63. The highest BCUT2D eigenvalue weighted by Crippen LogP contribution is 2.36. The first-order valence-electron chi connectivity index (χ1n) is 11.3. The Labute approximate surface area is 205 Å². The number of hydrogen-bond donors (Lipinski definition) is 1. The van der Waals surface area contributed by atoms with Gasteiger partial charge in [0.2, 0.25) is 11.8 Å². The zero-order chi connectivity index (χ0) is 24.5. The predicted octanol–water partition coefficient (Wildman–Crippen LogP) is 3.70. The lowest BCUT2D eigenvalue weighted by Crippen LogP contribution is -2.26. The number of thiazole rings is 1. The molecule has 0 atom stereocenters. The Balaban J connectivity index is 1.63. The summed E-state index contributed by atoms with van der Waals surface area (Å²) in [6, 6.07) is 5.25. The number of nitrogens with zero attached hydrogens (tertiary/aromatic N) is 5. The van der Waals surface area contributed by atoms with Crippen molar-refractivity contribution in [3.63, 3.8) is 0 Å². The van der Waals surface area contributed by atoms with Crippen molar-refractivity contribution in [3.8, 4) is 34.5 Å². The van der Waals surface area contributed by atoms with E-state index >= 15 is 0 Å². The summed E-state index contributed by atoms with van der Waals surface area (Å²) in [5.74, 6) is 1.59. The molecule has 0 saturated heterocycles. The van der Waals surface area contributed by atoms with E-state index in [1.165, 1.54) is 30.1 Å². The summed E-state index contributed by atoms with van der Waals surface area (Å²) in [6.07, 6.45) is 4.01.